The van der Waals surface area contributed by atoms with E-state index in [1.165, 1.54) is 75.1 Å². The Balaban J connectivity index is 1.14. The van der Waals surface area contributed by atoms with Crippen LogP contribution in [0.3, 0.4) is 0 Å². The molecule has 0 radical (unpaired) electrons. The van der Waals surface area contributed by atoms with E-state index in [1.807, 2.05) is 29.5 Å². The van der Waals surface area contributed by atoms with Gasteiger partial charge in [-0.1, -0.05) is 152 Å². The molecule has 0 saturated heterocycles. The van der Waals surface area contributed by atoms with Crippen LogP contribution in [0.1, 0.15) is 0 Å². The fourth-order valence-electron chi connectivity index (χ4n) is 8.80. The van der Waals surface area contributed by atoms with Crippen LogP contribution in [0.25, 0.3) is 120 Å². The monoisotopic (exact) mass is 715 g/mol. The molecule has 0 saturated carbocycles. The summed E-state index contributed by atoms with van der Waals surface area (Å²) in [6.45, 7) is 0. The Labute approximate surface area is 320 Å². The molecule has 11 aromatic rings. The predicted molar refractivity (Wildman–Crippen MR) is 231 cm³/mol. The SMILES string of the molecule is c1ccc(-c2nc(-c3ccc4ccccc4c3)nc(-c3ccc(-c4c5c(cc6sc7ccccc7c46)-c4cccc6cccc-5c46)c4ccccc34)n2)cc1. The lowest BCUT2D eigenvalue weighted by Gasteiger charge is -2.17. The predicted octanol–water partition coefficient (Wildman–Crippen LogP) is 14.0. The third-order valence-corrected chi connectivity index (χ3v) is 12.4. The average molecular weight is 716 g/mol. The number of rotatable bonds is 4. The molecule has 254 valence electrons. The molecule has 2 aromatic heterocycles. The van der Waals surface area contributed by atoms with E-state index < -0.39 is 0 Å². The van der Waals surface area contributed by atoms with Crippen molar-refractivity contribution in [3.63, 3.8) is 0 Å². The van der Waals surface area contributed by atoms with E-state index in [0.29, 0.717) is 17.5 Å². The molecular formula is C51H29N3S. The van der Waals surface area contributed by atoms with E-state index in [0.717, 1.165) is 27.5 Å². The molecule has 2 heterocycles. The highest BCUT2D eigenvalue weighted by Gasteiger charge is 2.29. The Morgan fingerprint density at radius 1 is 0.309 bits per heavy atom. The first-order chi connectivity index (χ1) is 27.3. The Hall–Kier alpha value is -7.01. The van der Waals surface area contributed by atoms with Gasteiger partial charge in [-0.3, -0.25) is 0 Å². The molecule has 0 fully saturated rings. The standard InChI is InChI=1S/C51H29N3S/c1-2-13-32(14-3-1)49-52-50(34-25-24-30-12-4-5-15-33(30)28-34)54-51(53-49)39-27-26-38(35-18-6-7-19-36(35)39)48-46-41-22-11-17-31-16-10-21-37(45(31)41)42(46)29-44-47(48)40-20-8-9-23-43(40)55-44/h1-29H. The first-order valence-corrected chi connectivity index (χ1v) is 19.4. The maximum atomic E-state index is 5.23. The molecule has 0 unspecified atom stereocenters. The van der Waals surface area contributed by atoms with E-state index in [4.69, 9.17) is 15.0 Å². The van der Waals surface area contributed by atoms with Crippen molar-refractivity contribution in [1.29, 1.82) is 0 Å². The van der Waals surface area contributed by atoms with Crippen molar-refractivity contribution in [3.8, 4) is 67.5 Å². The maximum absolute atomic E-state index is 5.23. The zero-order valence-corrected chi connectivity index (χ0v) is 30.3. The van der Waals surface area contributed by atoms with Gasteiger partial charge in [0.2, 0.25) is 0 Å². The summed E-state index contributed by atoms with van der Waals surface area (Å²) in [5.41, 5.74) is 10.6. The van der Waals surface area contributed by atoms with E-state index in [-0.39, 0.29) is 0 Å². The van der Waals surface area contributed by atoms with Crippen molar-refractivity contribution in [3.05, 3.63) is 176 Å². The lowest BCUT2D eigenvalue weighted by Crippen LogP contribution is -2.01. The van der Waals surface area contributed by atoms with Crippen molar-refractivity contribution in [1.82, 2.24) is 15.0 Å². The molecule has 1 aliphatic rings. The van der Waals surface area contributed by atoms with Crippen LogP contribution >= 0.6 is 11.3 Å². The molecule has 0 amide bonds. The van der Waals surface area contributed by atoms with Crippen molar-refractivity contribution in [2.24, 2.45) is 0 Å². The van der Waals surface area contributed by atoms with Gasteiger partial charge in [0.15, 0.2) is 17.5 Å². The van der Waals surface area contributed by atoms with Crippen LogP contribution < -0.4 is 0 Å². The number of benzene rings is 9. The number of thiophene rings is 1. The highest BCUT2D eigenvalue weighted by atomic mass is 32.1. The molecule has 3 nitrogen and oxygen atoms in total. The highest BCUT2D eigenvalue weighted by Crippen LogP contribution is 2.56. The van der Waals surface area contributed by atoms with Gasteiger partial charge in [0.25, 0.3) is 0 Å². The third kappa shape index (κ3) is 4.59. The number of hydrogen-bond donors (Lipinski definition) is 0. The molecule has 0 aliphatic heterocycles. The quantitative estimate of drug-likeness (QED) is 0.182. The molecule has 0 N–H and O–H groups in total. The van der Waals surface area contributed by atoms with Gasteiger partial charge in [0.05, 0.1) is 0 Å². The Morgan fingerprint density at radius 2 is 0.945 bits per heavy atom. The molecule has 0 spiro atoms. The maximum Gasteiger partial charge on any atom is 0.164 e. The lowest BCUT2D eigenvalue weighted by molar-refractivity contribution is 1.08. The van der Waals surface area contributed by atoms with E-state index in [1.54, 1.807) is 0 Å². The summed E-state index contributed by atoms with van der Waals surface area (Å²) in [4.78, 5) is 15.5. The van der Waals surface area contributed by atoms with Gasteiger partial charge in [-0.2, -0.15) is 0 Å². The summed E-state index contributed by atoms with van der Waals surface area (Å²) < 4.78 is 2.60. The van der Waals surface area contributed by atoms with Gasteiger partial charge in [0, 0.05) is 42.4 Å². The lowest BCUT2D eigenvalue weighted by atomic mass is 9.86. The summed E-state index contributed by atoms with van der Waals surface area (Å²) >= 11 is 1.88. The third-order valence-electron chi connectivity index (χ3n) is 11.2. The molecule has 12 rings (SSSR count). The van der Waals surface area contributed by atoms with Gasteiger partial charge in [-0.25, -0.2) is 15.0 Å². The van der Waals surface area contributed by atoms with E-state index >= 15 is 0 Å². The van der Waals surface area contributed by atoms with Gasteiger partial charge >= 0.3 is 0 Å². The summed E-state index contributed by atoms with van der Waals surface area (Å²) in [5.74, 6) is 1.96. The zero-order valence-electron chi connectivity index (χ0n) is 29.5. The summed E-state index contributed by atoms with van der Waals surface area (Å²) in [7, 11) is 0. The summed E-state index contributed by atoms with van der Waals surface area (Å²) in [5, 5.41) is 9.83. The Bertz CT molecular complexity index is 3380. The summed E-state index contributed by atoms with van der Waals surface area (Å²) in [6.07, 6.45) is 0. The molecular weight excluding hydrogens is 687 g/mol. The summed E-state index contributed by atoms with van der Waals surface area (Å²) in [6, 6.07) is 63.1. The average Bonchev–Trinajstić information content (AvgIpc) is 3.79. The topological polar surface area (TPSA) is 38.7 Å². The van der Waals surface area contributed by atoms with E-state index in [2.05, 4.69) is 158 Å². The van der Waals surface area contributed by atoms with Gasteiger partial charge in [-0.15, -0.1) is 11.3 Å². The number of fused-ring (bicyclic) bond motifs is 8. The smallest absolute Gasteiger partial charge is 0.164 e. The van der Waals surface area contributed by atoms with Crippen molar-refractivity contribution in [2.75, 3.05) is 0 Å². The zero-order chi connectivity index (χ0) is 36.0. The van der Waals surface area contributed by atoms with Crippen LogP contribution in [0.4, 0.5) is 0 Å². The number of nitrogens with zero attached hydrogens (tertiary/aromatic N) is 3. The van der Waals surface area contributed by atoms with Crippen molar-refractivity contribution in [2.45, 2.75) is 0 Å². The number of hydrogen-bond acceptors (Lipinski definition) is 4. The molecule has 9 aromatic carbocycles. The molecule has 55 heavy (non-hydrogen) atoms. The van der Waals surface area contributed by atoms with Gasteiger partial charge < -0.3 is 0 Å². The van der Waals surface area contributed by atoms with Crippen LogP contribution in [0.2, 0.25) is 0 Å². The van der Waals surface area contributed by atoms with Crippen LogP contribution in [-0.4, -0.2) is 15.0 Å². The molecule has 4 heteroatoms. The Kier molecular flexibility index (Phi) is 6.50. The normalized spacial score (nSPS) is 12.0. The second kappa shape index (κ2) is 11.7. The minimum Gasteiger partial charge on any atom is -0.208 e. The largest absolute Gasteiger partial charge is 0.208 e. The van der Waals surface area contributed by atoms with Crippen LogP contribution in [-0.2, 0) is 0 Å². The second-order valence-corrected chi connectivity index (χ2v) is 15.4. The molecule has 1 aliphatic carbocycles. The minimum absolute atomic E-state index is 0.653. The molecule has 0 atom stereocenters. The van der Waals surface area contributed by atoms with Crippen LogP contribution in [0.5, 0.6) is 0 Å². The highest BCUT2D eigenvalue weighted by molar-refractivity contribution is 7.26. The van der Waals surface area contributed by atoms with Gasteiger partial charge in [0.1, 0.15) is 0 Å². The second-order valence-electron chi connectivity index (χ2n) is 14.3. The van der Waals surface area contributed by atoms with Crippen LogP contribution in [0.15, 0.2) is 176 Å². The Morgan fingerprint density at radius 3 is 1.78 bits per heavy atom. The van der Waals surface area contributed by atoms with Crippen molar-refractivity contribution < 1.29 is 0 Å². The fourth-order valence-corrected chi connectivity index (χ4v) is 9.96. The number of aromatic nitrogens is 3. The fraction of sp³-hybridized carbons (Fsp3) is 0. The minimum atomic E-state index is 0.653. The van der Waals surface area contributed by atoms with Crippen molar-refractivity contribution >= 4 is 63.8 Å². The first-order valence-electron chi connectivity index (χ1n) is 18.6. The molecule has 0 bridgehead atoms. The van der Waals surface area contributed by atoms with Gasteiger partial charge in [-0.05, 0) is 84.4 Å². The van der Waals surface area contributed by atoms with E-state index in [9.17, 15) is 0 Å². The first kappa shape index (κ1) is 30.5. The van der Waals surface area contributed by atoms with Crippen LogP contribution in [0, 0.1) is 0 Å².